The maximum Gasteiger partial charge on any atom is 0.234 e. The number of hydrogen-bond donors (Lipinski definition) is 2. The zero-order valence-corrected chi connectivity index (χ0v) is 16.6. The molecule has 27 heavy (non-hydrogen) atoms. The number of hydrogen-bond acceptors (Lipinski definition) is 3. The number of rotatable bonds is 7. The number of morpholine rings is 1. The van der Waals surface area contributed by atoms with Crippen molar-refractivity contribution in [2.45, 2.75) is 13.1 Å². The summed E-state index contributed by atoms with van der Waals surface area (Å²) in [5.74, 6) is 0. The molecule has 0 radical (unpaired) electrons. The molecule has 0 bridgehead atoms. The standard InChI is InChI=1S/C20H23ClN2O3S/c21-20-7-5-17(6-8-20)9-14-27(24,25)22-15-18-3-1-2-4-19(18)16-23-10-12-26-13-11-23/h1-9,14,22H,10-13,15-16H2/p+1/b14-9+. The van der Waals surface area contributed by atoms with Crippen molar-refractivity contribution in [3.8, 4) is 0 Å². The summed E-state index contributed by atoms with van der Waals surface area (Å²) in [7, 11) is -3.53. The third-order valence-corrected chi connectivity index (χ3v) is 5.83. The molecule has 7 heteroatoms. The Bertz CT molecular complexity index is 876. The maximum atomic E-state index is 12.3. The number of nitrogens with one attached hydrogen (secondary N) is 2. The Morgan fingerprint density at radius 2 is 1.70 bits per heavy atom. The van der Waals surface area contributed by atoms with Crippen molar-refractivity contribution in [2.75, 3.05) is 26.3 Å². The summed E-state index contributed by atoms with van der Waals surface area (Å²) in [5.41, 5.74) is 2.94. The Balaban J connectivity index is 1.62. The van der Waals surface area contributed by atoms with Gasteiger partial charge in [-0.05, 0) is 29.3 Å². The van der Waals surface area contributed by atoms with Gasteiger partial charge in [0.2, 0.25) is 10.0 Å². The molecule has 5 nitrogen and oxygen atoms in total. The molecular weight excluding hydrogens is 384 g/mol. The van der Waals surface area contributed by atoms with E-state index in [1.54, 1.807) is 30.3 Å². The van der Waals surface area contributed by atoms with Gasteiger partial charge in [-0.25, -0.2) is 13.1 Å². The highest BCUT2D eigenvalue weighted by Crippen LogP contribution is 2.12. The fourth-order valence-electron chi connectivity index (χ4n) is 2.98. The monoisotopic (exact) mass is 407 g/mol. The van der Waals surface area contributed by atoms with Gasteiger partial charge in [-0.3, -0.25) is 0 Å². The van der Waals surface area contributed by atoms with Gasteiger partial charge in [-0.2, -0.15) is 0 Å². The van der Waals surface area contributed by atoms with Crippen molar-refractivity contribution in [1.29, 1.82) is 0 Å². The predicted molar refractivity (Wildman–Crippen MR) is 108 cm³/mol. The van der Waals surface area contributed by atoms with Crippen molar-refractivity contribution in [2.24, 2.45) is 0 Å². The Hall–Kier alpha value is -1.70. The third kappa shape index (κ3) is 6.45. The second-order valence-electron chi connectivity index (χ2n) is 6.53. The van der Waals surface area contributed by atoms with E-state index in [4.69, 9.17) is 16.3 Å². The van der Waals surface area contributed by atoms with E-state index >= 15 is 0 Å². The second kappa shape index (κ2) is 9.48. The van der Waals surface area contributed by atoms with E-state index in [2.05, 4.69) is 10.8 Å². The Kier molecular flexibility index (Phi) is 7.04. The molecule has 1 aliphatic heterocycles. The zero-order valence-electron chi connectivity index (χ0n) is 15.0. The molecular formula is C20H24ClN2O3S+. The van der Waals surface area contributed by atoms with Gasteiger partial charge in [0.25, 0.3) is 0 Å². The topological polar surface area (TPSA) is 59.8 Å². The summed E-state index contributed by atoms with van der Waals surface area (Å²) in [5, 5.41) is 1.80. The number of halogens is 1. The van der Waals surface area contributed by atoms with Gasteiger partial charge in [0.15, 0.2) is 0 Å². The molecule has 1 fully saturated rings. The van der Waals surface area contributed by atoms with Crippen LogP contribution in [0, 0.1) is 0 Å². The fourth-order valence-corrected chi connectivity index (χ4v) is 3.89. The minimum atomic E-state index is -3.53. The quantitative estimate of drug-likeness (QED) is 0.736. The first-order chi connectivity index (χ1) is 13.0. The first-order valence-electron chi connectivity index (χ1n) is 8.93. The van der Waals surface area contributed by atoms with E-state index in [1.165, 1.54) is 15.9 Å². The van der Waals surface area contributed by atoms with Crippen molar-refractivity contribution >= 4 is 27.7 Å². The molecule has 0 unspecified atom stereocenters. The van der Waals surface area contributed by atoms with Crippen LogP contribution < -0.4 is 9.62 Å². The van der Waals surface area contributed by atoms with Crippen LogP contribution in [0.15, 0.2) is 53.9 Å². The van der Waals surface area contributed by atoms with Crippen LogP contribution in [0.5, 0.6) is 0 Å². The highest BCUT2D eigenvalue weighted by molar-refractivity contribution is 7.92. The van der Waals surface area contributed by atoms with Crippen LogP contribution in [-0.2, 0) is 27.8 Å². The van der Waals surface area contributed by atoms with Gasteiger partial charge >= 0.3 is 0 Å². The van der Waals surface area contributed by atoms with Gasteiger partial charge in [0, 0.05) is 22.5 Å². The zero-order chi connectivity index (χ0) is 19.1. The second-order valence-corrected chi connectivity index (χ2v) is 8.62. The molecule has 2 aromatic carbocycles. The minimum Gasteiger partial charge on any atom is -0.370 e. The normalized spacial score (nSPS) is 16.0. The largest absolute Gasteiger partial charge is 0.370 e. The molecule has 0 amide bonds. The number of benzene rings is 2. The molecule has 0 atom stereocenters. The van der Waals surface area contributed by atoms with Gasteiger partial charge in [-0.1, -0.05) is 48.0 Å². The summed E-state index contributed by atoms with van der Waals surface area (Å²) in [6, 6.07) is 15.0. The maximum absolute atomic E-state index is 12.3. The molecule has 0 aliphatic carbocycles. The molecule has 2 N–H and O–H groups in total. The Morgan fingerprint density at radius 3 is 2.41 bits per heavy atom. The molecule has 144 valence electrons. The van der Waals surface area contributed by atoms with Crippen molar-refractivity contribution < 1.29 is 18.1 Å². The van der Waals surface area contributed by atoms with E-state index in [-0.39, 0.29) is 6.54 Å². The number of quaternary nitrogens is 1. The third-order valence-electron chi connectivity index (χ3n) is 4.53. The smallest absolute Gasteiger partial charge is 0.234 e. The van der Waals surface area contributed by atoms with E-state index < -0.39 is 10.0 Å². The van der Waals surface area contributed by atoms with Crippen LogP contribution in [0.25, 0.3) is 6.08 Å². The lowest BCUT2D eigenvalue weighted by atomic mass is 10.1. The molecule has 1 aliphatic rings. The van der Waals surface area contributed by atoms with E-state index in [0.717, 1.165) is 44.0 Å². The van der Waals surface area contributed by atoms with Crippen LogP contribution in [0.2, 0.25) is 5.02 Å². The highest BCUT2D eigenvalue weighted by atomic mass is 35.5. The average Bonchev–Trinajstić information content (AvgIpc) is 2.68. The van der Waals surface area contributed by atoms with Gasteiger partial charge < -0.3 is 9.64 Å². The lowest BCUT2D eigenvalue weighted by Crippen LogP contribution is -3.12. The fraction of sp³-hybridized carbons (Fsp3) is 0.300. The van der Waals surface area contributed by atoms with Gasteiger partial charge in [0.1, 0.15) is 19.6 Å². The SMILES string of the molecule is O=S(=O)(/C=C/c1ccc(Cl)cc1)NCc1ccccc1C[NH+]1CCOCC1. The van der Waals surface area contributed by atoms with Gasteiger partial charge in [0.05, 0.1) is 13.2 Å². The molecule has 2 aromatic rings. The summed E-state index contributed by atoms with van der Waals surface area (Å²) in [4.78, 5) is 1.46. The lowest BCUT2D eigenvalue weighted by molar-refractivity contribution is -0.921. The Labute approximate surface area is 165 Å². The van der Waals surface area contributed by atoms with Gasteiger partial charge in [-0.15, -0.1) is 0 Å². The van der Waals surface area contributed by atoms with Crippen LogP contribution in [0.4, 0.5) is 0 Å². The molecule has 1 heterocycles. The molecule has 0 spiro atoms. The van der Waals surface area contributed by atoms with Crippen LogP contribution in [-0.4, -0.2) is 34.7 Å². The number of ether oxygens (including phenoxy) is 1. The summed E-state index contributed by atoms with van der Waals surface area (Å²) < 4.78 is 32.7. The molecule has 0 saturated carbocycles. The van der Waals surface area contributed by atoms with Crippen LogP contribution >= 0.6 is 11.6 Å². The average molecular weight is 408 g/mol. The van der Waals surface area contributed by atoms with Crippen molar-refractivity contribution in [3.05, 3.63) is 75.7 Å². The molecule has 3 rings (SSSR count). The van der Waals surface area contributed by atoms with Crippen molar-refractivity contribution in [3.63, 3.8) is 0 Å². The summed E-state index contributed by atoms with van der Waals surface area (Å²) in [6.45, 7) is 4.65. The van der Waals surface area contributed by atoms with Crippen molar-refractivity contribution in [1.82, 2.24) is 4.72 Å². The lowest BCUT2D eigenvalue weighted by Gasteiger charge is -2.24. The first-order valence-corrected chi connectivity index (χ1v) is 10.9. The first kappa shape index (κ1) is 20.0. The minimum absolute atomic E-state index is 0.271. The van der Waals surface area contributed by atoms with E-state index in [9.17, 15) is 8.42 Å². The molecule has 1 saturated heterocycles. The van der Waals surface area contributed by atoms with E-state index in [1.807, 2.05) is 18.2 Å². The van der Waals surface area contributed by atoms with E-state index in [0.29, 0.717) is 5.02 Å². The van der Waals surface area contributed by atoms with Crippen LogP contribution in [0.3, 0.4) is 0 Å². The number of sulfonamides is 1. The Morgan fingerprint density at radius 1 is 1.04 bits per heavy atom. The molecule has 0 aromatic heterocycles. The highest BCUT2D eigenvalue weighted by Gasteiger charge is 2.16. The predicted octanol–water partition coefficient (Wildman–Crippen LogP) is 1.85. The van der Waals surface area contributed by atoms with Crippen LogP contribution in [0.1, 0.15) is 16.7 Å². The summed E-state index contributed by atoms with van der Waals surface area (Å²) in [6.07, 6.45) is 1.56. The summed E-state index contributed by atoms with van der Waals surface area (Å²) >= 11 is 5.84.